The molecule has 31 heavy (non-hydrogen) atoms. The summed E-state index contributed by atoms with van der Waals surface area (Å²) in [6.07, 6.45) is 16.8. The van der Waals surface area contributed by atoms with Crippen molar-refractivity contribution in [2.45, 2.75) is 84.2 Å². The van der Waals surface area contributed by atoms with Crippen LogP contribution in [0.3, 0.4) is 0 Å². The van der Waals surface area contributed by atoms with Crippen LogP contribution in [0.1, 0.15) is 84.3 Å². The molecule has 1 aromatic rings. The Kier molecular flexibility index (Phi) is 7.82. The van der Waals surface area contributed by atoms with Gasteiger partial charge in [-0.1, -0.05) is 37.5 Å². The van der Waals surface area contributed by atoms with E-state index in [1.165, 1.54) is 44.9 Å². The summed E-state index contributed by atoms with van der Waals surface area (Å²) in [4.78, 5) is 4.28. The average Bonchev–Trinajstić information content (AvgIpc) is 3.06. The van der Waals surface area contributed by atoms with Crippen molar-refractivity contribution in [1.29, 1.82) is 0 Å². The number of nitrogens with two attached hydrogens (primary N) is 2. The van der Waals surface area contributed by atoms with Gasteiger partial charge in [-0.3, -0.25) is 4.98 Å². The summed E-state index contributed by atoms with van der Waals surface area (Å²) in [7, 11) is 0. The van der Waals surface area contributed by atoms with Gasteiger partial charge < -0.3 is 15.8 Å². The molecule has 3 rings (SSSR count). The molecule has 2 fully saturated rings. The lowest BCUT2D eigenvalue weighted by molar-refractivity contribution is 0.0659. The minimum atomic E-state index is -0.536. The first-order valence-corrected chi connectivity index (χ1v) is 12.0. The molecule has 0 bridgehead atoms. The van der Waals surface area contributed by atoms with Crippen molar-refractivity contribution in [2.24, 2.45) is 28.8 Å². The van der Waals surface area contributed by atoms with Crippen molar-refractivity contribution in [3.05, 3.63) is 47.9 Å². The van der Waals surface area contributed by atoms with Crippen LogP contribution in [-0.4, -0.2) is 27.2 Å². The van der Waals surface area contributed by atoms with Crippen LogP contribution in [0.5, 0.6) is 0 Å². The van der Waals surface area contributed by atoms with Gasteiger partial charge in [0.05, 0.1) is 23.5 Å². The number of hydrazine groups is 1. The smallest absolute Gasteiger partial charge is 0.0874 e. The van der Waals surface area contributed by atoms with Crippen LogP contribution in [0.2, 0.25) is 0 Å². The molecule has 0 radical (unpaired) electrons. The molecule has 0 saturated heterocycles. The predicted molar refractivity (Wildman–Crippen MR) is 128 cm³/mol. The molecule has 2 aliphatic rings. The number of unbranched alkanes of at least 4 members (excludes halogenated alkanes) is 1. The monoisotopic (exact) mass is 426 g/mol. The largest absolute Gasteiger partial charge is 0.396 e. The van der Waals surface area contributed by atoms with E-state index in [-0.39, 0.29) is 0 Å². The summed E-state index contributed by atoms with van der Waals surface area (Å²) in [6.45, 7) is 7.03. The standard InChI is InChI=1S/C26H42N4O/c1-25(2,31)15-6-4-10-21-12-13-22-20(9-8-16-26(21,22)3)14-18-30(28)19-23(27)24-11-5-7-17-29-24/h5,7,11,14,17,19,21-22,31H,4,6,8-10,12-13,15-16,18,27-28H2,1-3H3/b20-14+,23-19-. The second kappa shape index (κ2) is 10.2. The zero-order valence-corrected chi connectivity index (χ0v) is 19.7. The molecule has 2 aliphatic carbocycles. The van der Waals surface area contributed by atoms with Gasteiger partial charge in [0.1, 0.15) is 0 Å². The van der Waals surface area contributed by atoms with Crippen LogP contribution in [0.4, 0.5) is 0 Å². The Balaban J connectivity index is 1.57. The Morgan fingerprint density at radius 2 is 2.13 bits per heavy atom. The summed E-state index contributed by atoms with van der Waals surface area (Å²) < 4.78 is 0. The Morgan fingerprint density at radius 1 is 1.32 bits per heavy atom. The number of hydrogen-bond donors (Lipinski definition) is 3. The second-order valence-electron chi connectivity index (χ2n) is 10.5. The molecule has 5 N–H and O–H groups in total. The highest BCUT2D eigenvalue weighted by molar-refractivity contribution is 5.58. The third-order valence-corrected chi connectivity index (χ3v) is 7.58. The predicted octanol–water partition coefficient (Wildman–Crippen LogP) is 4.99. The number of aromatic nitrogens is 1. The molecule has 5 nitrogen and oxygen atoms in total. The van der Waals surface area contributed by atoms with Crippen molar-refractivity contribution in [1.82, 2.24) is 9.99 Å². The van der Waals surface area contributed by atoms with E-state index in [1.807, 2.05) is 32.0 Å². The number of aliphatic hydroxyl groups is 1. The molecule has 0 spiro atoms. The maximum absolute atomic E-state index is 9.97. The van der Waals surface area contributed by atoms with Crippen molar-refractivity contribution < 1.29 is 5.11 Å². The number of allylic oxidation sites excluding steroid dienone is 1. The Bertz CT molecular complexity index is 767. The van der Waals surface area contributed by atoms with Crippen LogP contribution >= 0.6 is 0 Å². The molecule has 1 aromatic heterocycles. The van der Waals surface area contributed by atoms with E-state index < -0.39 is 5.60 Å². The number of hydrogen-bond acceptors (Lipinski definition) is 5. The van der Waals surface area contributed by atoms with Gasteiger partial charge in [0.25, 0.3) is 0 Å². The van der Waals surface area contributed by atoms with E-state index in [9.17, 15) is 5.11 Å². The van der Waals surface area contributed by atoms with Crippen LogP contribution in [-0.2, 0) is 0 Å². The van der Waals surface area contributed by atoms with Crippen LogP contribution in [0, 0.1) is 17.3 Å². The summed E-state index contributed by atoms with van der Waals surface area (Å²) in [5, 5.41) is 11.6. The van der Waals surface area contributed by atoms with Crippen molar-refractivity contribution >= 4 is 5.70 Å². The molecule has 0 aliphatic heterocycles. The number of fused-ring (bicyclic) bond motifs is 1. The topological polar surface area (TPSA) is 88.4 Å². The third-order valence-electron chi connectivity index (χ3n) is 7.58. The zero-order valence-electron chi connectivity index (χ0n) is 19.7. The normalized spacial score (nSPS) is 28.0. The highest BCUT2D eigenvalue weighted by Gasteiger charge is 2.48. The van der Waals surface area contributed by atoms with Crippen molar-refractivity contribution in [2.75, 3.05) is 6.54 Å². The van der Waals surface area contributed by atoms with E-state index >= 15 is 0 Å². The summed E-state index contributed by atoms with van der Waals surface area (Å²) in [6, 6.07) is 5.70. The highest BCUT2D eigenvalue weighted by Crippen LogP contribution is 2.58. The van der Waals surface area contributed by atoms with Crippen LogP contribution in [0.15, 0.2) is 42.2 Å². The number of rotatable bonds is 9. The van der Waals surface area contributed by atoms with Gasteiger partial charge in [-0.15, -0.1) is 0 Å². The van der Waals surface area contributed by atoms with Gasteiger partial charge in [-0.25, -0.2) is 5.84 Å². The second-order valence-corrected chi connectivity index (χ2v) is 10.5. The molecular formula is C26H42N4O. The molecule has 3 atom stereocenters. The number of pyridine rings is 1. The maximum Gasteiger partial charge on any atom is 0.0874 e. The lowest BCUT2D eigenvalue weighted by Crippen LogP contribution is -2.34. The van der Waals surface area contributed by atoms with Gasteiger partial charge in [0, 0.05) is 12.4 Å². The first-order valence-electron chi connectivity index (χ1n) is 12.0. The Labute approximate surface area is 188 Å². The van der Waals surface area contributed by atoms with Gasteiger partial charge in [0.2, 0.25) is 0 Å². The molecular weight excluding hydrogens is 384 g/mol. The van der Waals surface area contributed by atoms with E-state index in [2.05, 4.69) is 18.0 Å². The van der Waals surface area contributed by atoms with Crippen molar-refractivity contribution in [3.63, 3.8) is 0 Å². The average molecular weight is 427 g/mol. The van der Waals surface area contributed by atoms with E-state index in [4.69, 9.17) is 11.6 Å². The van der Waals surface area contributed by atoms with Gasteiger partial charge in [-0.2, -0.15) is 0 Å². The fraction of sp³-hybridized carbons (Fsp3) is 0.654. The van der Waals surface area contributed by atoms with E-state index in [1.54, 1.807) is 23.0 Å². The van der Waals surface area contributed by atoms with Gasteiger partial charge >= 0.3 is 0 Å². The SMILES string of the molecule is CC(C)(O)CCCCC1CCC2/C(=C/CN(N)/C=C(\N)c3ccccn3)CCCC12C. The van der Waals surface area contributed by atoms with E-state index in [0.717, 1.165) is 24.5 Å². The summed E-state index contributed by atoms with van der Waals surface area (Å²) in [5.74, 6) is 7.72. The highest BCUT2D eigenvalue weighted by atomic mass is 16.3. The molecule has 0 aromatic carbocycles. The zero-order chi connectivity index (χ0) is 22.5. The Morgan fingerprint density at radius 3 is 2.84 bits per heavy atom. The lowest BCUT2D eigenvalue weighted by Gasteiger charge is -2.42. The van der Waals surface area contributed by atoms with E-state index in [0.29, 0.717) is 23.6 Å². The molecule has 172 valence electrons. The summed E-state index contributed by atoms with van der Waals surface area (Å²) in [5.41, 5.74) is 8.96. The molecule has 5 heteroatoms. The van der Waals surface area contributed by atoms with Gasteiger partial charge in [-0.05, 0) is 88.2 Å². The molecule has 1 heterocycles. The van der Waals surface area contributed by atoms with Gasteiger partial charge in [0.15, 0.2) is 0 Å². The number of nitrogens with zero attached hydrogens (tertiary/aromatic N) is 2. The molecule has 0 amide bonds. The first kappa shape index (κ1) is 23.8. The lowest BCUT2D eigenvalue weighted by atomic mass is 9.62. The minimum absolute atomic E-state index is 0.418. The quantitative estimate of drug-likeness (QED) is 0.224. The molecule has 3 unspecified atom stereocenters. The van der Waals surface area contributed by atoms with Crippen molar-refractivity contribution in [3.8, 4) is 0 Å². The third kappa shape index (κ3) is 6.33. The Hall–Kier alpha value is -1.85. The minimum Gasteiger partial charge on any atom is -0.396 e. The van der Waals surface area contributed by atoms with Crippen LogP contribution < -0.4 is 11.6 Å². The first-order chi connectivity index (χ1) is 14.7. The fourth-order valence-electron chi connectivity index (χ4n) is 5.87. The maximum atomic E-state index is 9.97. The fourth-order valence-corrected chi connectivity index (χ4v) is 5.87. The summed E-state index contributed by atoms with van der Waals surface area (Å²) >= 11 is 0. The van der Waals surface area contributed by atoms with Crippen LogP contribution in [0.25, 0.3) is 5.70 Å². The molecule has 2 saturated carbocycles.